The van der Waals surface area contributed by atoms with Gasteiger partial charge in [0, 0.05) is 25.5 Å². The molecule has 0 aliphatic heterocycles. The van der Waals surface area contributed by atoms with Crippen LogP contribution in [0.2, 0.25) is 5.15 Å². The first-order valence-corrected chi connectivity index (χ1v) is 6.79. The molecule has 0 fully saturated rings. The number of hydrogen-bond donors (Lipinski definition) is 3. The maximum atomic E-state index is 11.5. The zero-order valence-electron chi connectivity index (χ0n) is 11.3. The minimum atomic E-state index is -0.194. The molecule has 0 radical (unpaired) electrons. The summed E-state index contributed by atoms with van der Waals surface area (Å²) in [5.74, 6) is -0.194. The number of aromatic nitrogens is 3. The first-order valence-electron chi connectivity index (χ1n) is 6.41. The topological polar surface area (TPSA) is 92.1 Å². The third kappa shape index (κ3) is 5.05. The number of anilines is 1. The molecule has 112 valence electrons. The number of amides is 1. The SMILES string of the molecule is O=C(Cn1cc(NCc2ccc(Cl)nc2)cn1)NCCO. The van der Waals surface area contributed by atoms with Gasteiger partial charge in [0.15, 0.2) is 0 Å². The molecule has 0 aliphatic carbocycles. The molecule has 0 unspecified atom stereocenters. The van der Waals surface area contributed by atoms with Crippen molar-refractivity contribution in [3.8, 4) is 0 Å². The number of nitrogens with one attached hydrogen (secondary N) is 2. The van der Waals surface area contributed by atoms with Gasteiger partial charge in [0.2, 0.25) is 5.91 Å². The Labute approximate surface area is 126 Å². The van der Waals surface area contributed by atoms with Crippen LogP contribution in [0.4, 0.5) is 5.69 Å². The van der Waals surface area contributed by atoms with Crippen molar-refractivity contribution >= 4 is 23.2 Å². The predicted molar refractivity (Wildman–Crippen MR) is 78.9 cm³/mol. The van der Waals surface area contributed by atoms with Crippen molar-refractivity contribution in [1.29, 1.82) is 0 Å². The molecular formula is C13H16ClN5O2. The van der Waals surface area contributed by atoms with E-state index in [2.05, 4.69) is 20.7 Å². The molecule has 0 bridgehead atoms. The van der Waals surface area contributed by atoms with Gasteiger partial charge < -0.3 is 15.7 Å². The van der Waals surface area contributed by atoms with Gasteiger partial charge in [0.05, 0.1) is 18.5 Å². The lowest BCUT2D eigenvalue weighted by molar-refractivity contribution is -0.122. The summed E-state index contributed by atoms with van der Waals surface area (Å²) in [5, 5.41) is 18.9. The molecule has 0 aliphatic rings. The van der Waals surface area contributed by atoms with Crippen LogP contribution < -0.4 is 10.6 Å². The summed E-state index contributed by atoms with van der Waals surface area (Å²) >= 11 is 5.72. The Kier molecular flexibility index (Phi) is 5.53. The summed E-state index contributed by atoms with van der Waals surface area (Å²) in [6, 6.07) is 3.61. The van der Waals surface area contributed by atoms with E-state index in [4.69, 9.17) is 16.7 Å². The molecule has 21 heavy (non-hydrogen) atoms. The summed E-state index contributed by atoms with van der Waals surface area (Å²) in [7, 11) is 0. The Bertz CT molecular complexity index is 585. The molecule has 2 aromatic rings. The van der Waals surface area contributed by atoms with Crippen LogP contribution in [0.25, 0.3) is 0 Å². The molecule has 0 spiro atoms. The van der Waals surface area contributed by atoms with E-state index >= 15 is 0 Å². The first kappa shape index (κ1) is 15.3. The van der Waals surface area contributed by atoms with Crippen molar-refractivity contribution in [3.05, 3.63) is 41.4 Å². The van der Waals surface area contributed by atoms with Gasteiger partial charge in [-0.3, -0.25) is 9.48 Å². The molecular weight excluding hydrogens is 294 g/mol. The highest BCUT2D eigenvalue weighted by atomic mass is 35.5. The van der Waals surface area contributed by atoms with E-state index in [-0.39, 0.29) is 25.6 Å². The monoisotopic (exact) mass is 309 g/mol. The molecule has 0 saturated carbocycles. The Morgan fingerprint density at radius 1 is 1.38 bits per heavy atom. The van der Waals surface area contributed by atoms with Crippen LogP contribution in [0, 0.1) is 0 Å². The molecule has 2 heterocycles. The number of aliphatic hydroxyl groups is 1. The molecule has 7 nitrogen and oxygen atoms in total. The molecule has 2 rings (SSSR count). The fourth-order valence-electron chi connectivity index (χ4n) is 1.65. The molecule has 0 aromatic carbocycles. The third-order valence-corrected chi connectivity index (χ3v) is 2.88. The van der Waals surface area contributed by atoms with E-state index in [0.717, 1.165) is 11.3 Å². The number of hydrogen-bond acceptors (Lipinski definition) is 5. The van der Waals surface area contributed by atoms with Crippen LogP contribution in [0.15, 0.2) is 30.7 Å². The highest BCUT2D eigenvalue weighted by Crippen LogP contribution is 2.09. The highest BCUT2D eigenvalue weighted by Gasteiger charge is 2.04. The third-order valence-electron chi connectivity index (χ3n) is 2.66. The minimum absolute atomic E-state index is 0.0766. The number of halogens is 1. The number of aliphatic hydroxyl groups excluding tert-OH is 1. The normalized spacial score (nSPS) is 10.4. The van der Waals surface area contributed by atoms with Crippen molar-refractivity contribution < 1.29 is 9.90 Å². The second-order valence-corrected chi connectivity index (χ2v) is 4.73. The van der Waals surface area contributed by atoms with E-state index in [9.17, 15) is 4.79 Å². The predicted octanol–water partition coefficient (Wildman–Crippen LogP) is 0.652. The van der Waals surface area contributed by atoms with Gasteiger partial charge in [0.1, 0.15) is 11.7 Å². The zero-order chi connectivity index (χ0) is 15.1. The smallest absolute Gasteiger partial charge is 0.241 e. The Hall–Kier alpha value is -2.12. The highest BCUT2D eigenvalue weighted by molar-refractivity contribution is 6.29. The molecule has 0 saturated heterocycles. The molecule has 0 atom stereocenters. The molecule has 1 amide bonds. The van der Waals surface area contributed by atoms with Crippen LogP contribution >= 0.6 is 11.6 Å². The van der Waals surface area contributed by atoms with Crippen molar-refractivity contribution in [3.63, 3.8) is 0 Å². The lowest BCUT2D eigenvalue weighted by atomic mass is 10.3. The Balaban J connectivity index is 1.82. The average molecular weight is 310 g/mol. The Morgan fingerprint density at radius 2 is 2.24 bits per heavy atom. The fourth-order valence-corrected chi connectivity index (χ4v) is 1.77. The van der Waals surface area contributed by atoms with Crippen LogP contribution in [0.5, 0.6) is 0 Å². The van der Waals surface area contributed by atoms with Crippen molar-refractivity contribution in [2.24, 2.45) is 0 Å². The second kappa shape index (κ2) is 7.61. The number of carbonyl (C=O) groups is 1. The van der Waals surface area contributed by atoms with Crippen molar-refractivity contribution in [2.45, 2.75) is 13.1 Å². The van der Waals surface area contributed by atoms with Crippen LogP contribution in [-0.2, 0) is 17.9 Å². The second-order valence-electron chi connectivity index (χ2n) is 4.34. The number of carbonyl (C=O) groups excluding carboxylic acids is 1. The van der Waals surface area contributed by atoms with Gasteiger partial charge in [-0.25, -0.2) is 4.98 Å². The zero-order valence-corrected chi connectivity index (χ0v) is 12.0. The van der Waals surface area contributed by atoms with Gasteiger partial charge >= 0.3 is 0 Å². The summed E-state index contributed by atoms with van der Waals surface area (Å²) in [4.78, 5) is 15.5. The quantitative estimate of drug-likeness (QED) is 0.653. The fraction of sp³-hybridized carbons (Fsp3) is 0.308. The average Bonchev–Trinajstić information content (AvgIpc) is 2.92. The number of nitrogens with zero attached hydrogens (tertiary/aromatic N) is 3. The van der Waals surface area contributed by atoms with E-state index in [1.807, 2.05) is 6.07 Å². The lowest BCUT2D eigenvalue weighted by Gasteiger charge is -2.04. The van der Waals surface area contributed by atoms with E-state index in [1.54, 1.807) is 24.7 Å². The summed E-state index contributed by atoms with van der Waals surface area (Å²) < 4.78 is 1.52. The summed E-state index contributed by atoms with van der Waals surface area (Å²) in [6.07, 6.45) is 5.08. The molecule has 3 N–H and O–H groups in total. The van der Waals surface area contributed by atoms with Crippen LogP contribution in [0.1, 0.15) is 5.56 Å². The Morgan fingerprint density at radius 3 is 2.95 bits per heavy atom. The van der Waals surface area contributed by atoms with E-state index in [0.29, 0.717) is 11.7 Å². The van der Waals surface area contributed by atoms with Gasteiger partial charge in [-0.2, -0.15) is 5.10 Å². The summed E-state index contributed by atoms with van der Waals surface area (Å²) in [6.45, 7) is 0.873. The molecule has 8 heteroatoms. The number of rotatable bonds is 7. The maximum absolute atomic E-state index is 11.5. The van der Waals surface area contributed by atoms with Gasteiger partial charge in [-0.05, 0) is 11.6 Å². The van der Waals surface area contributed by atoms with E-state index in [1.165, 1.54) is 4.68 Å². The van der Waals surface area contributed by atoms with Gasteiger partial charge in [0.25, 0.3) is 0 Å². The van der Waals surface area contributed by atoms with Crippen LogP contribution in [0.3, 0.4) is 0 Å². The van der Waals surface area contributed by atoms with Crippen LogP contribution in [-0.4, -0.2) is 38.9 Å². The molecule has 2 aromatic heterocycles. The largest absolute Gasteiger partial charge is 0.395 e. The minimum Gasteiger partial charge on any atom is -0.395 e. The van der Waals surface area contributed by atoms with Crippen molar-refractivity contribution in [2.75, 3.05) is 18.5 Å². The summed E-state index contributed by atoms with van der Waals surface area (Å²) in [5.41, 5.74) is 1.80. The van der Waals surface area contributed by atoms with Gasteiger partial charge in [-0.1, -0.05) is 17.7 Å². The van der Waals surface area contributed by atoms with Gasteiger partial charge in [-0.15, -0.1) is 0 Å². The lowest BCUT2D eigenvalue weighted by Crippen LogP contribution is -2.30. The number of pyridine rings is 1. The van der Waals surface area contributed by atoms with E-state index < -0.39 is 0 Å². The maximum Gasteiger partial charge on any atom is 0.241 e. The first-order chi connectivity index (χ1) is 10.2. The standard InChI is InChI=1S/C13H16ClN5O2/c14-12-2-1-10(6-17-12)5-16-11-7-18-19(8-11)9-13(21)15-3-4-20/h1-2,6-8,16,20H,3-5,9H2,(H,15,21). The van der Waals surface area contributed by atoms with Crippen molar-refractivity contribution in [1.82, 2.24) is 20.1 Å².